The Kier molecular flexibility index (Phi) is 4.88. The number of aliphatic carboxylic acids is 1. The molecular weight excluding hydrogens is 280 g/mol. The van der Waals surface area contributed by atoms with Crippen LogP contribution in [0.3, 0.4) is 0 Å². The monoisotopic (exact) mass is 297 g/mol. The smallest absolute Gasteiger partial charge is 0.303 e. The fraction of sp³-hybridized carbons (Fsp3) is 0.467. The van der Waals surface area contributed by atoms with E-state index in [-0.39, 0.29) is 23.8 Å². The molecule has 21 heavy (non-hydrogen) atoms. The van der Waals surface area contributed by atoms with Gasteiger partial charge in [0.2, 0.25) is 0 Å². The van der Waals surface area contributed by atoms with Gasteiger partial charge in [0, 0.05) is 25.1 Å². The summed E-state index contributed by atoms with van der Waals surface area (Å²) in [6.07, 6.45) is 2.28. The molecule has 0 saturated carbocycles. The van der Waals surface area contributed by atoms with Gasteiger partial charge in [0.25, 0.3) is 5.91 Å². The summed E-state index contributed by atoms with van der Waals surface area (Å²) in [7, 11) is 0. The molecule has 1 amide bonds. The Morgan fingerprint density at radius 2 is 2.05 bits per heavy atom. The highest BCUT2D eigenvalue weighted by Crippen LogP contribution is 2.23. The summed E-state index contributed by atoms with van der Waals surface area (Å²) in [6.45, 7) is 1.02. The van der Waals surface area contributed by atoms with E-state index in [1.807, 2.05) is 0 Å². The molecule has 0 bridgehead atoms. The molecule has 1 aliphatic rings. The van der Waals surface area contributed by atoms with Gasteiger partial charge in [-0.3, -0.25) is 9.59 Å². The quantitative estimate of drug-likeness (QED) is 0.929. The maximum Gasteiger partial charge on any atom is 0.303 e. The molecule has 0 aliphatic carbocycles. The van der Waals surface area contributed by atoms with E-state index in [1.54, 1.807) is 4.90 Å². The Morgan fingerprint density at radius 1 is 1.29 bits per heavy atom. The SMILES string of the molecule is O=C(O)CCC1CCCN(C(=O)c2ccc(F)c(F)c2)C1. The van der Waals surface area contributed by atoms with Crippen LogP contribution in [-0.4, -0.2) is 35.0 Å². The number of carboxylic acid groups (broad SMARTS) is 1. The number of benzene rings is 1. The minimum absolute atomic E-state index is 0.0812. The zero-order chi connectivity index (χ0) is 15.4. The molecule has 1 fully saturated rings. The summed E-state index contributed by atoms with van der Waals surface area (Å²) in [5, 5.41) is 8.70. The molecule has 1 aromatic carbocycles. The summed E-state index contributed by atoms with van der Waals surface area (Å²) >= 11 is 0. The lowest BCUT2D eigenvalue weighted by Crippen LogP contribution is -2.40. The molecule has 1 unspecified atom stereocenters. The molecule has 1 atom stereocenters. The summed E-state index contributed by atoms with van der Waals surface area (Å²) in [5.41, 5.74) is 0.118. The third kappa shape index (κ3) is 4.00. The number of carbonyl (C=O) groups is 2. The highest BCUT2D eigenvalue weighted by atomic mass is 19.2. The minimum atomic E-state index is -1.04. The van der Waals surface area contributed by atoms with Gasteiger partial charge in [-0.2, -0.15) is 0 Å². The van der Waals surface area contributed by atoms with Crippen molar-refractivity contribution in [3.63, 3.8) is 0 Å². The number of halogens is 2. The Morgan fingerprint density at radius 3 is 2.71 bits per heavy atom. The predicted molar refractivity (Wildman–Crippen MR) is 71.9 cm³/mol. The van der Waals surface area contributed by atoms with E-state index >= 15 is 0 Å². The molecule has 1 heterocycles. The van der Waals surface area contributed by atoms with Crippen molar-refractivity contribution in [2.45, 2.75) is 25.7 Å². The number of carboxylic acids is 1. The first-order valence-corrected chi connectivity index (χ1v) is 6.93. The average Bonchev–Trinajstić information content (AvgIpc) is 2.47. The molecule has 0 spiro atoms. The number of likely N-dealkylation sites (tertiary alicyclic amines) is 1. The Balaban J connectivity index is 2.01. The second-order valence-corrected chi connectivity index (χ2v) is 5.32. The van der Waals surface area contributed by atoms with E-state index in [0.29, 0.717) is 19.5 Å². The van der Waals surface area contributed by atoms with Gasteiger partial charge in [-0.05, 0) is 43.4 Å². The minimum Gasteiger partial charge on any atom is -0.481 e. The average molecular weight is 297 g/mol. The molecule has 1 aromatic rings. The molecule has 1 N–H and O–H groups in total. The number of nitrogens with zero attached hydrogens (tertiary/aromatic N) is 1. The number of piperidine rings is 1. The van der Waals surface area contributed by atoms with Crippen molar-refractivity contribution < 1.29 is 23.5 Å². The molecule has 4 nitrogen and oxygen atoms in total. The second-order valence-electron chi connectivity index (χ2n) is 5.32. The fourth-order valence-electron chi connectivity index (χ4n) is 2.62. The van der Waals surface area contributed by atoms with Crippen molar-refractivity contribution in [2.75, 3.05) is 13.1 Å². The number of hydrogen-bond donors (Lipinski definition) is 1. The summed E-state index contributed by atoms with van der Waals surface area (Å²) in [4.78, 5) is 24.4. The largest absolute Gasteiger partial charge is 0.481 e. The van der Waals surface area contributed by atoms with Gasteiger partial charge in [-0.25, -0.2) is 8.78 Å². The van der Waals surface area contributed by atoms with Crippen molar-refractivity contribution >= 4 is 11.9 Å². The molecule has 1 saturated heterocycles. The second kappa shape index (κ2) is 6.65. The van der Waals surface area contributed by atoms with Crippen LogP contribution in [0.1, 0.15) is 36.0 Å². The van der Waals surface area contributed by atoms with Gasteiger partial charge >= 0.3 is 5.97 Å². The number of amides is 1. The molecule has 6 heteroatoms. The van der Waals surface area contributed by atoms with Crippen LogP contribution in [0.15, 0.2) is 18.2 Å². The Hall–Kier alpha value is -1.98. The van der Waals surface area contributed by atoms with E-state index < -0.39 is 17.6 Å². The Bertz CT molecular complexity index is 548. The summed E-state index contributed by atoms with van der Waals surface area (Å²) < 4.78 is 26.1. The molecule has 1 aliphatic heterocycles. The van der Waals surface area contributed by atoms with E-state index in [2.05, 4.69) is 0 Å². The molecule has 0 radical (unpaired) electrons. The van der Waals surface area contributed by atoms with Crippen LogP contribution in [0.2, 0.25) is 0 Å². The molecular formula is C15H17F2NO3. The van der Waals surface area contributed by atoms with Crippen LogP contribution in [0.5, 0.6) is 0 Å². The van der Waals surface area contributed by atoms with Gasteiger partial charge in [0.15, 0.2) is 11.6 Å². The van der Waals surface area contributed by atoms with Crippen LogP contribution in [0.25, 0.3) is 0 Å². The lowest BCUT2D eigenvalue weighted by Gasteiger charge is -2.32. The van der Waals surface area contributed by atoms with E-state index in [0.717, 1.165) is 25.0 Å². The predicted octanol–water partition coefficient (Wildman–Crippen LogP) is 2.68. The summed E-state index contributed by atoms with van der Waals surface area (Å²) in [6, 6.07) is 3.11. The number of hydrogen-bond acceptors (Lipinski definition) is 2. The van der Waals surface area contributed by atoms with Crippen molar-refractivity contribution in [1.29, 1.82) is 0 Å². The highest BCUT2D eigenvalue weighted by molar-refractivity contribution is 5.94. The first-order chi connectivity index (χ1) is 9.97. The summed E-state index contributed by atoms with van der Waals surface area (Å²) in [5.74, 6) is -3.07. The molecule has 2 rings (SSSR count). The molecule has 0 aromatic heterocycles. The zero-order valence-corrected chi connectivity index (χ0v) is 11.5. The van der Waals surface area contributed by atoms with Gasteiger partial charge in [0.1, 0.15) is 0 Å². The topological polar surface area (TPSA) is 57.6 Å². The fourth-order valence-corrected chi connectivity index (χ4v) is 2.62. The van der Waals surface area contributed by atoms with E-state index in [1.165, 1.54) is 6.07 Å². The third-order valence-corrected chi connectivity index (χ3v) is 3.74. The van der Waals surface area contributed by atoms with E-state index in [9.17, 15) is 18.4 Å². The van der Waals surface area contributed by atoms with Crippen LogP contribution in [-0.2, 0) is 4.79 Å². The van der Waals surface area contributed by atoms with Gasteiger partial charge < -0.3 is 10.0 Å². The maximum absolute atomic E-state index is 13.2. The van der Waals surface area contributed by atoms with Crippen molar-refractivity contribution in [2.24, 2.45) is 5.92 Å². The zero-order valence-electron chi connectivity index (χ0n) is 11.5. The number of carbonyl (C=O) groups excluding carboxylic acids is 1. The first kappa shape index (κ1) is 15.4. The van der Waals surface area contributed by atoms with Crippen molar-refractivity contribution in [1.82, 2.24) is 4.90 Å². The van der Waals surface area contributed by atoms with Gasteiger partial charge in [-0.15, -0.1) is 0 Å². The van der Waals surface area contributed by atoms with Crippen LogP contribution in [0.4, 0.5) is 8.78 Å². The van der Waals surface area contributed by atoms with Gasteiger partial charge in [0.05, 0.1) is 0 Å². The van der Waals surface area contributed by atoms with Crippen molar-refractivity contribution in [3.8, 4) is 0 Å². The normalized spacial score (nSPS) is 18.6. The van der Waals surface area contributed by atoms with E-state index in [4.69, 9.17) is 5.11 Å². The van der Waals surface area contributed by atoms with Crippen molar-refractivity contribution in [3.05, 3.63) is 35.4 Å². The maximum atomic E-state index is 13.2. The highest BCUT2D eigenvalue weighted by Gasteiger charge is 2.25. The lowest BCUT2D eigenvalue weighted by atomic mass is 9.93. The van der Waals surface area contributed by atoms with Gasteiger partial charge in [-0.1, -0.05) is 0 Å². The lowest BCUT2D eigenvalue weighted by molar-refractivity contribution is -0.137. The first-order valence-electron chi connectivity index (χ1n) is 6.93. The molecule has 114 valence electrons. The van der Waals surface area contributed by atoms with Crippen LogP contribution < -0.4 is 0 Å². The van der Waals surface area contributed by atoms with Crippen LogP contribution >= 0.6 is 0 Å². The number of rotatable bonds is 4. The van der Waals surface area contributed by atoms with Crippen LogP contribution in [0, 0.1) is 17.6 Å². The Labute approximate surface area is 121 Å². The standard InChI is InChI=1S/C15H17F2NO3/c16-12-5-4-11(8-13(12)17)15(21)18-7-1-2-10(9-18)3-6-14(19)20/h4-5,8,10H,1-3,6-7,9H2,(H,19,20). The third-order valence-electron chi connectivity index (χ3n) is 3.74.